The first-order valence-electron chi connectivity index (χ1n) is 7.62. The van der Waals surface area contributed by atoms with Gasteiger partial charge >= 0.3 is 5.97 Å². The van der Waals surface area contributed by atoms with Gasteiger partial charge in [-0.05, 0) is 31.5 Å². The lowest BCUT2D eigenvalue weighted by molar-refractivity contribution is -0.383. The number of rotatable bonds is 5. The Morgan fingerprint density at radius 1 is 1.50 bits per heavy atom. The van der Waals surface area contributed by atoms with Crippen LogP contribution in [-0.2, 0) is 9.53 Å². The van der Waals surface area contributed by atoms with Gasteiger partial charge in [-0.1, -0.05) is 0 Å². The topological polar surface area (TPSA) is 97.6 Å². The number of hydrogen-bond donors (Lipinski definition) is 1. The molecule has 7 nitrogen and oxygen atoms in total. The molecule has 1 atom stereocenters. The van der Waals surface area contributed by atoms with E-state index in [0.717, 1.165) is 21.7 Å². The number of ether oxygens (including phenoxy) is 1. The number of H-pyrrole nitrogens is 1. The van der Waals surface area contributed by atoms with Crippen molar-refractivity contribution in [3.8, 4) is 0 Å². The van der Waals surface area contributed by atoms with Crippen LogP contribution in [0.25, 0.3) is 10.9 Å². The SMILES string of the molecule is CCOC(=O)C[C@@H]1CSC(c2cc3cc(C)cc([N+](=O)[O-])c3[nH]2)=N1. The molecule has 0 saturated carbocycles. The lowest BCUT2D eigenvalue weighted by Gasteiger charge is -2.04. The van der Waals surface area contributed by atoms with Crippen LogP contribution in [0, 0.1) is 17.0 Å². The van der Waals surface area contributed by atoms with Crippen molar-refractivity contribution in [2.75, 3.05) is 12.4 Å². The number of aromatic nitrogens is 1. The molecule has 24 heavy (non-hydrogen) atoms. The van der Waals surface area contributed by atoms with Gasteiger partial charge in [-0.3, -0.25) is 19.9 Å². The van der Waals surface area contributed by atoms with E-state index >= 15 is 0 Å². The number of thioether (sulfide) groups is 1. The van der Waals surface area contributed by atoms with E-state index in [2.05, 4.69) is 9.98 Å². The summed E-state index contributed by atoms with van der Waals surface area (Å²) in [7, 11) is 0. The molecule has 1 aromatic heterocycles. The van der Waals surface area contributed by atoms with E-state index in [-0.39, 0.29) is 29.0 Å². The number of nitro groups is 1. The summed E-state index contributed by atoms with van der Waals surface area (Å²) in [6.45, 7) is 3.96. The quantitative estimate of drug-likeness (QED) is 0.509. The Morgan fingerprint density at radius 2 is 2.29 bits per heavy atom. The highest BCUT2D eigenvalue weighted by atomic mass is 32.2. The first kappa shape index (κ1) is 16.5. The van der Waals surface area contributed by atoms with E-state index < -0.39 is 0 Å². The third-order valence-electron chi connectivity index (χ3n) is 3.70. The van der Waals surface area contributed by atoms with Crippen molar-refractivity contribution in [3.05, 3.63) is 39.6 Å². The molecule has 1 aromatic carbocycles. The second kappa shape index (κ2) is 6.64. The van der Waals surface area contributed by atoms with Crippen molar-refractivity contribution in [3.63, 3.8) is 0 Å². The van der Waals surface area contributed by atoms with Crippen molar-refractivity contribution in [2.45, 2.75) is 26.3 Å². The van der Waals surface area contributed by atoms with Crippen LogP contribution in [0.4, 0.5) is 5.69 Å². The summed E-state index contributed by atoms with van der Waals surface area (Å²) in [5.41, 5.74) is 2.14. The number of benzene rings is 1. The van der Waals surface area contributed by atoms with Crippen LogP contribution in [-0.4, -0.2) is 39.3 Å². The van der Waals surface area contributed by atoms with Crippen LogP contribution in [0.2, 0.25) is 0 Å². The Bertz CT molecular complexity index is 843. The number of aryl methyl sites for hydroxylation is 1. The van der Waals surface area contributed by atoms with Crippen LogP contribution >= 0.6 is 11.8 Å². The first-order chi connectivity index (χ1) is 11.5. The number of hydrogen-bond acceptors (Lipinski definition) is 6. The molecule has 8 heteroatoms. The van der Waals surface area contributed by atoms with Crippen molar-refractivity contribution in [2.24, 2.45) is 4.99 Å². The molecule has 1 aliphatic heterocycles. The number of fused-ring (bicyclic) bond motifs is 1. The minimum Gasteiger partial charge on any atom is -0.466 e. The monoisotopic (exact) mass is 347 g/mol. The molecule has 0 saturated heterocycles. The first-order valence-corrected chi connectivity index (χ1v) is 8.61. The Morgan fingerprint density at radius 3 is 3.00 bits per heavy atom. The highest BCUT2D eigenvalue weighted by Gasteiger charge is 2.24. The predicted octanol–water partition coefficient (Wildman–Crippen LogP) is 3.20. The summed E-state index contributed by atoms with van der Waals surface area (Å²) >= 11 is 1.54. The number of carbonyl (C=O) groups is 1. The number of nitro benzene ring substituents is 1. The van der Waals surface area contributed by atoms with Crippen LogP contribution in [0.3, 0.4) is 0 Å². The molecule has 2 aromatic rings. The molecule has 0 radical (unpaired) electrons. The van der Waals surface area contributed by atoms with Gasteiger partial charge in [0.05, 0.1) is 29.7 Å². The maximum atomic E-state index is 11.6. The smallest absolute Gasteiger partial charge is 0.307 e. The van der Waals surface area contributed by atoms with E-state index in [1.807, 2.05) is 19.1 Å². The van der Waals surface area contributed by atoms with Gasteiger partial charge in [-0.25, -0.2) is 0 Å². The number of nitrogens with one attached hydrogen (secondary N) is 1. The third-order valence-corrected chi connectivity index (χ3v) is 4.85. The molecule has 126 valence electrons. The second-order valence-electron chi connectivity index (χ2n) is 5.60. The fourth-order valence-electron chi connectivity index (χ4n) is 2.71. The van der Waals surface area contributed by atoms with Gasteiger partial charge in [0.25, 0.3) is 5.69 Å². The van der Waals surface area contributed by atoms with E-state index in [1.165, 1.54) is 11.8 Å². The zero-order chi connectivity index (χ0) is 17.3. The predicted molar refractivity (Wildman–Crippen MR) is 93.7 cm³/mol. The molecular formula is C16H17N3O4S. The fourth-order valence-corrected chi connectivity index (χ4v) is 3.74. The fraction of sp³-hybridized carbons (Fsp3) is 0.375. The summed E-state index contributed by atoms with van der Waals surface area (Å²) in [5.74, 6) is 0.445. The Hall–Kier alpha value is -2.35. The average Bonchev–Trinajstić information content (AvgIpc) is 3.12. The maximum Gasteiger partial charge on any atom is 0.307 e. The number of nitrogens with zero attached hydrogens (tertiary/aromatic N) is 2. The molecular weight excluding hydrogens is 330 g/mol. The zero-order valence-corrected chi connectivity index (χ0v) is 14.2. The van der Waals surface area contributed by atoms with Crippen molar-refractivity contribution < 1.29 is 14.5 Å². The highest BCUT2D eigenvalue weighted by Crippen LogP contribution is 2.31. The average molecular weight is 347 g/mol. The zero-order valence-electron chi connectivity index (χ0n) is 13.4. The van der Waals surface area contributed by atoms with E-state index in [4.69, 9.17) is 4.74 Å². The van der Waals surface area contributed by atoms with Gasteiger partial charge in [-0.15, -0.1) is 11.8 Å². The van der Waals surface area contributed by atoms with Crippen LogP contribution in [0.1, 0.15) is 24.6 Å². The highest BCUT2D eigenvalue weighted by molar-refractivity contribution is 8.14. The molecule has 2 heterocycles. The van der Waals surface area contributed by atoms with Gasteiger partial charge in [0.1, 0.15) is 10.6 Å². The molecule has 1 aliphatic rings. The minimum absolute atomic E-state index is 0.0583. The second-order valence-corrected chi connectivity index (χ2v) is 6.61. The maximum absolute atomic E-state index is 11.6. The summed E-state index contributed by atoms with van der Waals surface area (Å²) in [5, 5.41) is 12.8. The van der Waals surface area contributed by atoms with Crippen LogP contribution < -0.4 is 0 Å². The van der Waals surface area contributed by atoms with Crippen LogP contribution in [0.15, 0.2) is 23.2 Å². The van der Waals surface area contributed by atoms with Gasteiger partial charge < -0.3 is 9.72 Å². The molecule has 0 bridgehead atoms. The van der Waals surface area contributed by atoms with Crippen LogP contribution in [0.5, 0.6) is 0 Å². The molecule has 3 rings (SSSR count). The Labute approximate surface area is 142 Å². The number of non-ortho nitro benzene ring substituents is 1. The van der Waals surface area contributed by atoms with Gasteiger partial charge in [0.2, 0.25) is 0 Å². The Balaban J connectivity index is 1.89. The van der Waals surface area contributed by atoms with Gasteiger partial charge in [-0.2, -0.15) is 0 Å². The van der Waals surface area contributed by atoms with E-state index in [9.17, 15) is 14.9 Å². The number of carbonyl (C=O) groups excluding carboxylic acids is 1. The van der Waals surface area contributed by atoms with Crippen molar-refractivity contribution >= 4 is 39.4 Å². The largest absolute Gasteiger partial charge is 0.466 e. The third kappa shape index (κ3) is 3.28. The Kier molecular flexibility index (Phi) is 4.57. The standard InChI is InChI=1S/C16H17N3O4S/c1-3-23-14(20)7-11-8-24-16(17-11)12-6-10-4-9(2)5-13(19(21)22)15(10)18-12/h4-6,11,18H,3,7-8H2,1-2H3/t11-/m1/s1. The number of aliphatic imine (C=N–C) groups is 1. The molecule has 0 aliphatic carbocycles. The number of aromatic amines is 1. The molecule has 0 fully saturated rings. The molecule has 0 spiro atoms. The summed E-state index contributed by atoms with van der Waals surface area (Å²) in [6.07, 6.45) is 0.254. The normalized spacial score (nSPS) is 17.1. The summed E-state index contributed by atoms with van der Waals surface area (Å²) in [4.78, 5) is 30.1. The lowest BCUT2D eigenvalue weighted by atomic mass is 10.1. The minimum atomic E-state index is -0.386. The molecule has 1 N–H and O–H groups in total. The lowest BCUT2D eigenvalue weighted by Crippen LogP contribution is -2.14. The summed E-state index contributed by atoms with van der Waals surface area (Å²) < 4.78 is 4.95. The van der Waals surface area contributed by atoms with Crippen molar-refractivity contribution in [1.82, 2.24) is 4.98 Å². The molecule has 0 unspecified atom stereocenters. The van der Waals surface area contributed by atoms with Gasteiger partial charge in [0.15, 0.2) is 0 Å². The van der Waals surface area contributed by atoms with E-state index in [0.29, 0.717) is 17.9 Å². The number of esters is 1. The van der Waals surface area contributed by atoms with E-state index in [1.54, 1.807) is 13.0 Å². The van der Waals surface area contributed by atoms with Gasteiger partial charge in [0, 0.05) is 17.2 Å². The van der Waals surface area contributed by atoms with Crippen molar-refractivity contribution in [1.29, 1.82) is 0 Å². The molecule has 0 amide bonds. The summed E-state index contributed by atoms with van der Waals surface area (Å²) in [6, 6.07) is 5.20.